The van der Waals surface area contributed by atoms with Crippen molar-refractivity contribution in [1.29, 1.82) is 0 Å². The van der Waals surface area contributed by atoms with Gasteiger partial charge in [0.15, 0.2) is 0 Å². The molecule has 1 heterocycles. The quantitative estimate of drug-likeness (QED) is 0.537. The Kier molecular flexibility index (Phi) is 1.85. The van der Waals surface area contributed by atoms with Crippen LogP contribution >= 0.6 is 0 Å². The van der Waals surface area contributed by atoms with Crippen molar-refractivity contribution in [2.45, 2.75) is 25.3 Å². The minimum atomic E-state index is -0.786. The Morgan fingerprint density at radius 2 is 2.36 bits per heavy atom. The topological polar surface area (TPSA) is 55.4 Å². The minimum absolute atomic E-state index is 0.0853. The number of hydrogen-bond acceptors (Lipinski definition) is 3. The molecule has 1 amide bonds. The lowest BCUT2D eigenvalue weighted by molar-refractivity contribution is -0.148. The molecule has 1 fully saturated rings. The second-order valence-electron chi connectivity index (χ2n) is 2.87. The third-order valence-electron chi connectivity index (χ3n) is 1.90. The van der Waals surface area contributed by atoms with Gasteiger partial charge in [0, 0.05) is 6.42 Å². The molecule has 0 radical (unpaired) electrons. The molecule has 1 atom stereocenters. The van der Waals surface area contributed by atoms with Crippen LogP contribution in [0.5, 0.6) is 0 Å². The Hall–Kier alpha value is -1.06. The SMILES string of the molecule is COC(=O)[C@]1(C)CCC(=O)N1. The molecule has 11 heavy (non-hydrogen) atoms. The summed E-state index contributed by atoms with van der Waals surface area (Å²) >= 11 is 0. The summed E-state index contributed by atoms with van der Waals surface area (Å²) < 4.78 is 4.53. The fourth-order valence-electron chi connectivity index (χ4n) is 1.17. The first-order valence-corrected chi connectivity index (χ1v) is 3.48. The molecule has 1 saturated heterocycles. The van der Waals surface area contributed by atoms with Gasteiger partial charge in [0.05, 0.1) is 7.11 Å². The number of hydrogen-bond donors (Lipinski definition) is 1. The second kappa shape index (κ2) is 2.53. The zero-order chi connectivity index (χ0) is 8.48. The van der Waals surface area contributed by atoms with Crippen LogP contribution in [0, 0.1) is 0 Å². The third kappa shape index (κ3) is 1.34. The van der Waals surface area contributed by atoms with Crippen LogP contribution in [0.25, 0.3) is 0 Å². The molecule has 1 aliphatic rings. The number of methoxy groups -OCH3 is 1. The molecule has 0 aliphatic carbocycles. The standard InChI is InChI=1S/C7H11NO3/c1-7(6(10)11-2)4-3-5(9)8-7/h3-4H2,1-2H3,(H,8,9)/t7-/m0/s1. The van der Waals surface area contributed by atoms with E-state index in [2.05, 4.69) is 10.1 Å². The Morgan fingerprint density at radius 1 is 1.73 bits per heavy atom. The van der Waals surface area contributed by atoms with Crippen molar-refractivity contribution in [1.82, 2.24) is 5.32 Å². The van der Waals surface area contributed by atoms with Crippen molar-refractivity contribution in [3.8, 4) is 0 Å². The van der Waals surface area contributed by atoms with Crippen LogP contribution in [-0.4, -0.2) is 24.5 Å². The maximum Gasteiger partial charge on any atom is 0.331 e. The first-order valence-electron chi connectivity index (χ1n) is 3.48. The number of ether oxygens (including phenoxy) is 1. The first-order chi connectivity index (χ1) is 5.08. The maximum absolute atomic E-state index is 11.0. The van der Waals surface area contributed by atoms with Crippen LogP contribution in [0.15, 0.2) is 0 Å². The van der Waals surface area contributed by atoms with Crippen LogP contribution in [0.4, 0.5) is 0 Å². The van der Waals surface area contributed by atoms with Crippen LogP contribution in [-0.2, 0) is 14.3 Å². The molecule has 4 nitrogen and oxygen atoms in total. The van der Waals surface area contributed by atoms with Crippen LogP contribution < -0.4 is 5.32 Å². The Bertz CT molecular complexity index is 202. The van der Waals surface area contributed by atoms with Crippen molar-refractivity contribution in [2.24, 2.45) is 0 Å². The molecule has 1 rings (SSSR count). The molecule has 0 aromatic carbocycles. The van der Waals surface area contributed by atoms with Crippen LogP contribution in [0.2, 0.25) is 0 Å². The van der Waals surface area contributed by atoms with Crippen molar-refractivity contribution >= 4 is 11.9 Å². The summed E-state index contributed by atoms with van der Waals surface area (Å²) in [4.78, 5) is 21.8. The van der Waals surface area contributed by atoms with Gasteiger partial charge in [-0.05, 0) is 13.3 Å². The van der Waals surface area contributed by atoms with Crippen molar-refractivity contribution in [3.63, 3.8) is 0 Å². The van der Waals surface area contributed by atoms with Gasteiger partial charge in [-0.2, -0.15) is 0 Å². The predicted octanol–water partition coefficient (Wildman–Crippen LogP) is -0.172. The van der Waals surface area contributed by atoms with Gasteiger partial charge in [-0.25, -0.2) is 4.79 Å². The van der Waals surface area contributed by atoms with Gasteiger partial charge in [0.1, 0.15) is 5.54 Å². The zero-order valence-corrected chi connectivity index (χ0v) is 6.64. The molecule has 0 unspecified atom stereocenters. The van der Waals surface area contributed by atoms with Crippen molar-refractivity contribution < 1.29 is 14.3 Å². The summed E-state index contributed by atoms with van der Waals surface area (Å²) in [6.07, 6.45) is 0.935. The Labute approximate surface area is 64.9 Å². The van der Waals surface area contributed by atoms with Crippen molar-refractivity contribution in [2.75, 3.05) is 7.11 Å². The summed E-state index contributed by atoms with van der Waals surface area (Å²) in [5.41, 5.74) is -0.786. The summed E-state index contributed by atoms with van der Waals surface area (Å²) in [6.45, 7) is 1.67. The largest absolute Gasteiger partial charge is 0.467 e. The molecule has 0 spiro atoms. The fourth-order valence-corrected chi connectivity index (χ4v) is 1.17. The van der Waals surface area contributed by atoms with E-state index >= 15 is 0 Å². The number of nitrogens with one attached hydrogen (secondary N) is 1. The van der Waals surface area contributed by atoms with E-state index in [4.69, 9.17) is 0 Å². The zero-order valence-electron chi connectivity index (χ0n) is 6.64. The summed E-state index contributed by atoms with van der Waals surface area (Å²) in [6, 6.07) is 0. The highest BCUT2D eigenvalue weighted by Gasteiger charge is 2.40. The van der Waals surface area contributed by atoms with Crippen LogP contribution in [0.3, 0.4) is 0 Å². The smallest absolute Gasteiger partial charge is 0.331 e. The molecule has 0 bridgehead atoms. The van der Waals surface area contributed by atoms with E-state index in [0.29, 0.717) is 12.8 Å². The molecule has 1 N–H and O–H groups in total. The van der Waals surface area contributed by atoms with E-state index in [0.717, 1.165) is 0 Å². The van der Waals surface area contributed by atoms with Gasteiger partial charge in [0.25, 0.3) is 0 Å². The van der Waals surface area contributed by atoms with Crippen LogP contribution in [0.1, 0.15) is 19.8 Å². The van der Waals surface area contributed by atoms with Gasteiger partial charge >= 0.3 is 5.97 Å². The molecular formula is C7H11NO3. The number of esters is 1. The fraction of sp³-hybridized carbons (Fsp3) is 0.714. The summed E-state index contributed by atoms with van der Waals surface area (Å²) in [7, 11) is 1.32. The number of amides is 1. The lowest BCUT2D eigenvalue weighted by Gasteiger charge is -2.19. The summed E-state index contributed by atoms with van der Waals surface area (Å²) in [5, 5.41) is 2.57. The molecule has 1 aliphatic heterocycles. The average Bonchev–Trinajstić information content (AvgIpc) is 2.31. The number of rotatable bonds is 1. The molecule has 0 aromatic rings. The first kappa shape index (κ1) is 8.04. The Morgan fingerprint density at radius 3 is 2.73 bits per heavy atom. The highest BCUT2D eigenvalue weighted by Crippen LogP contribution is 2.20. The average molecular weight is 157 g/mol. The highest BCUT2D eigenvalue weighted by molar-refractivity contribution is 5.91. The number of carbonyl (C=O) groups is 2. The van der Waals surface area contributed by atoms with E-state index in [9.17, 15) is 9.59 Å². The maximum atomic E-state index is 11.0. The monoisotopic (exact) mass is 157 g/mol. The third-order valence-corrected chi connectivity index (χ3v) is 1.90. The highest BCUT2D eigenvalue weighted by atomic mass is 16.5. The van der Waals surface area contributed by atoms with E-state index in [1.165, 1.54) is 7.11 Å². The molecule has 62 valence electrons. The van der Waals surface area contributed by atoms with Gasteiger partial charge in [-0.3, -0.25) is 4.79 Å². The Balaban J connectivity index is 2.69. The minimum Gasteiger partial charge on any atom is -0.467 e. The predicted molar refractivity (Wildman–Crippen MR) is 37.8 cm³/mol. The van der Waals surface area contributed by atoms with Crippen molar-refractivity contribution in [3.05, 3.63) is 0 Å². The van der Waals surface area contributed by atoms with E-state index in [1.807, 2.05) is 0 Å². The normalized spacial score (nSPS) is 29.8. The lowest BCUT2D eigenvalue weighted by atomic mass is 10.0. The second-order valence-corrected chi connectivity index (χ2v) is 2.87. The molecule has 0 aromatic heterocycles. The van der Waals surface area contributed by atoms with Gasteiger partial charge in [0.2, 0.25) is 5.91 Å². The van der Waals surface area contributed by atoms with E-state index in [-0.39, 0.29) is 11.9 Å². The molecule has 4 heteroatoms. The lowest BCUT2D eigenvalue weighted by Crippen LogP contribution is -2.46. The van der Waals surface area contributed by atoms with E-state index < -0.39 is 5.54 Å². The van der Waals surface area contributed by atoms with Gasteiger partial charge in [-0.1, -0.05) is 0 Å². The number of carbonyl (C=O) groups excluding carboxylic acids is 2. The summed E-state index contributed by atoms with van der Waals surface area (Å²) in [5.74, 6) is -0.457. The van der Waals surface area contributed by atoms with E-state index in [1.54, 1.807) is 6.92 Å². The molecule has 0 saturated carbocycles. The van der Waals surface area contributed by atoms with Gasteiger partial charge in [-0.15, -0.1) is 0 Å². The molecular weight excluding hydrogens is 146 g/mol. The van der Waals surface area contributed by atoms with Gasteiger partial charge < -0.3 is 10.1 Å².